The van der Waals surface area contributed by atoms with Crippen LogP contribution in [0.15, 0.2) is 52.1 Å². The minimum absolute atomic E-state index is 0.0373. The molecule has 0 fully saturated rings. The van der Waals surface area contributed by atoms with Gasteiger partial charge in [0.15, 0.2) is 11.0 Å². The average Bonchev–Trinajstić information content (AvgIpc) is 3.20. The highest BCUT2D eigenvalue weighted by Crippen LogP contribution is 2.26. The van der Waals surface area contributed by atoms with Gasteiger partial charge in [-0.2, -0.15) is 0 Å². The molecule has 3 rings (SSSR count). The quantitative estimate of drug-likeness (QED) is 0.352. The number of hydrogen-bond donors (Lipinski definition) is 2. The van der Waals surface area contributed by atoms with Crippen LogP contribution in [0.1, 0.15) is 48.6 Å². The molecule has 2 N–H and O–H groups in total. The number of aryl methyl sites for hydroxylation is 1. The van der Waals surface area contributed by atoms with Crippen molar-refractivity contribution in [1.82, 2.24) is 20.1 Å². The van der Waals surface area contributed by atoms with Crippen LogP contribution in [0.4, 0.5) is 10.1 Å². The number of nitrogens with zero attached hydrogens (tertiary/aromatic N) is 3. The van der Waals surface area contributed by atoms with Gasteiger partial charge in [-0.25, -0.2) is 4.39 Å². The molecule has 34 heavy (non-hydrogen) atoms. The Morgan fingerprint density at radius 3 is 2.59 bits per heavy atom. The van der Waals surface area contributed by atoms with Gasteiger partial charge >= 0.3 is 0 Å². The van der Waals surface area contributed by atoms with Gasteiger partial charge in [-0.05, 0) is 50.1 Å². The molecule has 0 aliphatic heterocycles. The van der Waals surface area contributed by atoms with Crippen molar-refractivity contribution in [2.45, 2.75) is 45.4 Å². The second kappa shape index (κ2) is 11.6. The Morgan fingerprint density at radius 2 is 1.94 bits per heavy atom. The van der Waals surface area contributed by atoms with Crippen LogP contribution in [0.5, 0.6) is 0 Å². The summed E-state index contributed by atoms with van der Waals surface area (Å²) >= 11 is 4.40. The molecule has 7 nitrogen and oxygen atoms in total. The van der Waals surface area contributed by atoms with Gasteiger partial charge in [0, 0.05) is 16.6 Å². The first-order valence-corrected chi connectivity index (χ1v) is 12.7. The predicted octanol–water partition coefficient (Wildman–Crippen LogP) is 5.37. The van der Waals surface area contributed by atoms with Crippen molar-refractivity contribution in [2.75, 3.05) is 11.1 Å². The standard InChI is InChI=1S/C24H27BrFN5O2S/c1-5-31-22(21(14(2)3)28-23(33)16-8-6-7-15(4)11-16)29-30-24(31)34-13-20(32)27-19-10-9-17(25)12-18(19)26/h6-12,14,21H,5,13H2,1-4H3,(H,27,32)(H,28,33)/t21-/m1/s1. The minimum Gasteiger partial charge on any atom is -0.342 e. The molecule has 0 unspecified atom stereocenters. The SMILES string of the molecule is CCn1c(SCC(=O)Nc2ccc(Br)cc2F)nnc1[C@H](NC(=O)c1cccc(C)c1)C(C)C. The monoisotopic (exact) mass is 547 g/mol. The maximum Gasteiger partial charge on any atom is 0.251 e. The number of thioether (sulfide) groups is 1. The van der Waals surface area contributed by atoms with Gasteiger partial charge in [-0.3, -0.25) is 9.59 Å². The van der Waals surface area contributed by atoms with E-state index in [0.717, 1.165) is 5.56 Å². The zero-order chi connectivity index (χ0) is 24.8. The van der Waals surface area contributed by atoms with E-state index in [2.05, 4.69) is 36.8 Å². The van der Waals surface area contributed by atoms with Crippen molar-refractivity contribution in [3.8, 4) is 0 Å². The van der Waals surface area contributed by atoms with E-state index in [1.165, 1.54) is 23.9 Å². The lowest BCUT2D eigenvalue weighted by Gasteiger charge is -2.22. The molecule has 2 amide bonds. The maximum atomic E-state index is 14.0. The normalized spacial score (nSPS) is 12.0. The van der Waals surface area contributed by atoms with Crippen LogP contribution >= 0.6 is 27.7 Å². The summed E-state index contributed by atoms with van der Waals surface area (Å²) < 4.78 is 16.5. The number of carbonyl (C=O) groups excluding carboxylic acids is 2. The Labute approximate surface area is 211 Å². The van der Waals surface area contributed by atoms with Gasteiger partial charge in [0.05, 0.1) is 17.5 Å². The molecule has 0 aliphatic carbocycles. The smallest absolute Gasteiger partial charge is 0.251 e. The van der Waals surface area contributed by atoms with Crippen molar-refractivity contribution in [1.29, 1.82) is 0 Å². The molecule has 0 spiro atoms. The Hall–Kier alpha value is -2.72. The van der Waals surface area contributed by atoms with E-state index in [9.17, 15) is 14.0 Å². The molecule has 10 heteroatoms. The molecule has 3 aromatic rings. The zero-order valence-electron chi connectivity index (χ0n) is 19.4. The van der Waals surface area contributed by atoms with Gasteiger partial charge in [0.2, 0.25) is 5.91 Å². The Kier molecular flexibility index (Phi) is 8.84. The summed E-state index contributed by atoms with van der Waals surface area (Å²) in [5.74, 6) is -0.332. The first kappa shape index (κ1) is 25.9. The first-order valence-electron chi connectivity index (χ1n) is 10.9. The lowest BCUT2D eigenvalue weighted by molar-refractivity contribution is -0.113. The third kappa shape index (κ3) is 6.44. The lowest BCUT2D eigenvalue weighted by Crippen LogP contribution is -2.33. The molecular formula is C24H27BrFN5O2S. The number of benzene rings is 2. The fourth-order valence-electron chi connectivity index (χ4n) is 3.38. The van der Waals surface area contributed by atoms with Crippen LogP contribution in [0.25, 0.3) is 0 Å². The number of halogens is 2. The number of rotatable bonds is 9. The molecule has 2 aromatic carbocycles. The Bertz CT molecular complexity index is 1180. The van der Waals surface area contributed by atoms with E-state index in [-0.39, 0.29) is 35.2 Å². The topological polar surface area (TPSA) is 88.9 Å². The van der Waals surface area contributed by atoms with Gasteiger partial charge in [0.25, 0.3) is 5.91 Å². The second-order valence-corrected chi connectivity index (χ2v) is 9.97. The van der Waals surface area contributed by atoms with Crippen LogP contribution in [0.2, 0.25) is 0 Å². The highest BCUT2D eigenvalue weighted by molar-refractivity contribution is 9.10. The molecule has 0 radical (unpaired) electrons. The van der Waals surface area contributed by atoms with E-state index in [1.807, 2.05) is 50.5 Å². The molecule has 1 atom stereocenters. The van der Waals surface area contributed by atoms with Gasteiger partial charge < -0.3 is 15.2 Å². The minimum atomic E-state index is -0.518. The Morgan fingerprint density at radius 1 is 1.18 bits per heavy atom. The third-order valence-electron chi connectivity index (χ3n) is 5.11. The lowest BCUT2D eigenvalue weighted by atomic mass is 10.0. The van der Waals surface area contributed by atoms with Crippen molar-refractivity contribution in [3.05, 3.63) is 69.7 Å². The fourth-order valence-corrected chi connectivity index (χ4v) is 4.52. The van der Waals surface area contributed by atoms with E-state index < -0.39 is 5.82 Å². The van der Waals surface area contributed by atoms with Crippen molar-refractivity contribution >= 4 is 45.2 Å². The highest BCUT2D eigenvalue weighted by atomic mass is 79.9. The highest BCUT2D eigenvalue weighted by Gasteiger charge is 2.26. The van der Waals surface area contributed by atoms with Gasteiger partial charge in [0.1, 0.15) is 5.82 Å². The number of anilines is 1. The maximum absolute atomic E-state index is 14.0. The molecule has 0 saturated carbocycles. The number of amides is 2. The average molecular weight is 548 g/mol. The summed E-state index contributed by atoms with van der Waals surface area (Å²) in [6.07, 6.45) is 0. The first-order chi connectivity index (χ1) is 16.2. The zero-order valence-corrected chi connectivity index (χ0v) is 21.8. The number of nitrogens with one attached hydrogen (secondary N) is 2. The molecular weight excluding hydrogens is 521 g/mol. The van der Waals surface area contributed by atoms with Crippen LogP contribution in [0.3, 0.4) is 0 Å². The largest absolute Gasteiger partial charge is 0.342 e. The summed E-state index contributed by atoms with van der Waals surface area (Å²) in [7, 11) is 0. The molecule has 0 saturated heterocycles. The summed E-state index contributed by atoms with van der Waals surface area (Å²) in [4.78, 5) is 25.2. The van der Waals surface area contributed by atoms with Crippen molar-refractivity contribution in [2.24, 2.45) is 5.92 Å². The van der Waals surface area contributed by atoms with Crippen LogP contribution in [-0.4, -0.2) is 32.3 Å². The van der Waals surface area contributed by atoms with E-state index in [4.69, 9.17) is 0 Å². The summed E-state index contributed by atoms with van der Waals surface area (Å²) in [5, 5.41) is 14.8. The predicted molar refractivity (Wildman–Crippen MR) is 135 cm³/mol. The van der Waals surface area contributed by atoms with E-state index in [0.29, 0.717) is 27.6 Å². The fraction of sp³-hybridized carbons (Fsp3) is 0.333. The van der Waals surface area contributed by atoms with Crippen molar-refractivity contribution < 1.29 is 14.0 Å². The van der Waals surface area contributed by atoms with Crippen LogP contribution in [0, 0.1) is 18.7 Å². The molecule has 0 bridgehead atoms. The second-order valence-electron chi connectivity index (χ2n) is 8.11. The number of aromatic nitrogens is 3. The van der Waals surface area contributed by atoms with Crippen LogP contribution in [-0.2, 0) is 11.3 Å². The third-order valence-corrected chi connectivity index (χ3v) is 6.57. The Balaban J connectivity index is 1.72. The van der Waals surface area contributed by atoms with E-state index in [1.54, 1.807) is 12.1 Å². The van der Waals surface area contributed by atoms with Crippen LogP contribution < -0.4 is 10.6 Å². The summed E-state index contributed by atoms with van der Waals surface area (Å²) in [6.45, 7) is 8.46. The van der Waals surface area contributed by atoms with E-state index >= 15 is 0 Å². The van der Waals surface area contributed by atoms with Gasteiger partial charge in [-0.15, -0.1) is 10.2 Å². The molecule has 1 heterocycles. The van der Waals surface area contributed by atoms with Gasteiger partial charge in [-0.1, -0.05) is 59.2 Å². The molecule has 1 aromatic heterocycles. The molecule has 180 valence electrons. The molecule has 0 aliphatic rings. The van der Waals surface area contributed by atoms with Crippen molar-refractivity contribution in [3.63, 3.8) is 0 Å². The summed E-state index contributed by atoms with van der Waals surface area (Å²) in [5.41, 5.74) is 1.70. The number of carbonyl (C=O) groups is 2. The summed E-state index contributed by atoms with van der Waals surface area (Å²) in [6, 6.07) is 11.5. The number of hydrogen-bond acceptors (Lipinski definition) is 5.